The van der Waals surface area contributed by atoms with E-state index < -0.39 is 29.3 Å². The van der Waals surface area contributed by atoms with Crippen molar-refractivity contribution in [2.45, 2.75) is 26.2 Å². The van der Waals surface area contributed by atoms with E-state index in [2.05, 4.69) is 5.32 Å². The maximum atomic E-state index is 13.7. The van der Waals surface area contributed by atoms with Gasteiger partial charge < -0.3 is 10.2 Å². The Balaban J connectivity index is 1.53. The number of benzene rings is 2. The summed E-state index contributed by atoms with van der Waals surface area (Å²) in [4.78, 5) is 26.5. The Morgan fingerprint density at radius 2 is 1.64 bits per heavy atom. The first-order valence-corrected chi connectivity index (χ1v) is 9.13. The Morgan fingerprint density at radius 1 is 1.00 bits per heavy atom. The van der Waals surface area contributed by atoms with Gasteiger partial charge in [-0.25, -0.2) is 13.2 Å². The van der Waals surface area contributed by atoms with Crippen LogP contribution in [0.25, 0.3) is 0 Å². The second kappa shape index (κ2) is 8.46. The van der Waals surface area contributed by atoms with Gasteiger partial charge in [-0.05, 0) is 37.5 Å². The topological polar surface area (TPSA) is 49.4 Å². The van der Waals surface area contributed by atoms with Gasteiger partial charge in [-0.2, -0.15) is 0 Å². The van der Waals surface area contributed by atoms with Crippen LogP contribution in [0.5, 0.6) is 0 Å². The predicted octanol–water partition coefficient (Wildman–Crippen LogP) is 3.83. The molecule has 1 aliphatic rings. The molecule has 1 N–H and O–H groups in total. The van der Waals surface area contributed by atoms with E-state index in [1.165, 1.54) is 0 Å². The lowest BCUT2D eigenvalue weighted by molar-refractivity contribution is -0.133. The molecule has 2 aromatic rings. The summed E-state index contributed by atoms with van der Waals surface area (Å²) in [6, 6.07) is 9.51. The van der Waals surface area contributed by atoms with Crippen LogP contribution >= 0.6 is 0 Å². The molecule has 3 rings (SSSR count). The van der Waals surface area contributed by atoms with Gasteiger partial charge in [0.25, 0.3) is 0 Å². The fraction of sp³-hybridized carbons (Fsp3) is 0.333. The van der Waals surface area contributed by atoms with Crippen molar-refractivity contribution in [1.82, 2.24) is 4.90 Å². The molecule has 0 aliphatic carbocycles. The third-order valence-electron chi connectivity index (χ3n) is 4.99. The first kappa shape index (κ1) is 19.9. The zero-order valence-electron chi connectivity index (χ0n) is 15.5. The lowest BCUT2D eigenvalue weighted by Gasteiger charge is -2.31. The van der Waals surface area contributed by atoms with Gasteiger partial charge in [0.1, 0.15) is 0 Å². The molecule has 1 fully saturated rings. The van der Waals surface area contributed by atoms with Crippen molar-refractivity contribution in [3.8, 4) is 0 Å². The molecular formula is C21H21F3N2O2. The van der Waals surface area contributed by atoms with Crippen LogP contribution in [-0.4, -0.2) is 29.8 Å². The van der Waals surface area contributed by atoms with Gasteiger partial charge in [0.2, 0.25) is 11.8 Å². The molecule has 0 saturated carbocycles. The first-order valence-electron chi connectivity index (χ1n) is 9.13. The SMILES string of the molecule is Cc1ccc(CC(=O)N2CCC(C(=O)Nc3ccc(F)c(F)c3F)CC2)cc1. The molecule has 0 spiro atoms. The number of aryl methyl sites for hydroxylation is 1. The molecule has 148 valence electrons. The molecule has 0 unspecified atom stereocenters. The van der Waals surface area contributed by atoms with E-state index in [1.54, 1.807) is 4.90 Å². The minimum absolute atomic E-state index is 0.00522. The van der Waals surface area contributed by atoms with Crippen LogP contribution in [0.3, 0.4) is 0 Å². The Bertz CT molecular complexity index is 876. The van der Waals surface area contributed by atoms with Gasteiger partial charge in [-0.15, -0.1) is 0 Å². The summed E-state index contributed by atoms with van der Waals surface area (Å²) in [5, 5.41) is 2.31. The van der Waals surface area contributed by atoms with Crippen molar-refractivity contribution in [3.63, 3.8) is 0 Å². The summed E-state index contributed by atoms with van der Waals surface area (Å²) in [5.41, 5.74) is 1.67. The fourth-order valence-corrected chi connectivity index (χ4v) is 3.24. The van der Waals surface area contributed by atoms with Crippen molar-refractivity contribution in [2.75, 3.05) is 18.4 Å². The number of piperidine rings is 1. The highest BCUT2D eigenvalue weighted by molar-refractivity contribution is 5.93. The van der Waals surface area contributed by atoms with E-state index in [1.807, 2.05) is 31.2 Å². The average molecular weight is 390 g/mol. The second-order valence-electron chi connectivity index (χ2n) is 7.03. The molecule has 4 nitrogen and oxygen atoms in total. The quantitative estimate of drug-likeness (QED) is 0.807. The smallest absolute Gasteiger partial charge is 0.227 e. The maximum absolute atomic E-state index is 13.7. The highest BCUT2D eigenvalue weighted by atomic mass is 19.2. The summed E-state index contributed by atoms with van der Waals surface area (Å²) in [5.74, 6) is -5.23. The average Bonchev–Trinajstić information content (AvgIpc) is 2.70. The number of amides is 2. The number of nitrogens with zero attached hydrogens (tertiary/aromatic N) is 1. The zero-order chi connectivity index (χ0) is 20.3. The van der Waals surface area contributed by atoms with Crippen molar-refractivity contribution >= 4 is 17.5 Å². The molecule has 0 bridgehead atoms. The third-order valence-corrected chi connectivity index (χ3v) is 4.99. The van der Waals surface area contributed by atoms with Crippen LogP contribution in [0.2, 0.25) is 0 Å². The molecule has 2 aromatic carbocycles. The number of carbonyl (C=O) groups excluding carboxylic acids is 2. The molecule has 28 heavy (non-hydrogen) atoms. The summed E-state index contributed by atoms with van der Waals surface area (Å²) < 4.78 is 40.0. The summed E-state index contributed by atoms with van der Waals surface area (Å²) >= 11 is 0. The predicted molar refractivity (Wildman–Crippen MR) is 99.1 cm³/mol. The molecular weight excluding hydrogens is 369 g/mol. The number of anilines is 1. The minimum Gasteiger partial charge on any atom is -0.342 e. The van der Waals surface area contributed by atoms with Crippen LogP contribution in [0.1, 0.15) is 24.0 Å². The number of likely N-dealkylation sites (tertiary alicyclic amines) is 1. The van der Waals surface area contributed by atoms with Crippen LogP contribution in [0, 0.1) is 30.3 Å². The van der Waals surface area contributed by atoms with E-state index in [0.29, 0.717) is 32.4 Å². The molecule has 1 saturated heterocycles. The van der Waals surface area contributed by atoms with E-state index in [4.69, 9.17) is 0 Å². The summed E-state index contributed by atoms with van der Waals surface area (Å²) in [6.45, 7) is 2.82. The number of nitrogens with one attached hydrogen (secondary N) is 1. The Labute approximate surface area is 161 Å². The lowest BCUT2D eigenvalue weighted by atomic mass is 9.95. The molecule has 7 heteroatoms. The van der Waals surface area contributed by atoms with Crippen LogP contribution in [0.4, 0.5) is 18.9 Å². The second-order valence-corrected chi connectivity index (χ2v) is 7.03. The number of halogens is 3. The van der Waals surface area contributed by atoms with Crippen LogP contribution < -0.4 is 5.32 Å². The number of rotatable bonds is 4. The van der Waals surface area contributed by atoms with Crippen molar-refractivity contribution in [2.24, 2.45) is 5.92 Å². The highest BCUT2D eigenvalue weighted by Gasteiger charge is 2.28. The molecule has 1 aliphatic heterocycles. The van der Waals surface area contributed by atoms with Crippen LogP contribution in [-0.2, 0) is 16.0 Å². The number of hydrogen-bond donors (Lipinski definition) is 1. The van der Waals surface area contributed by atoms with E-state index in [-0.39, 0.29) is 11.6 Å². The first-order chi connectivity index (χ1) is 13.3. The van der Waals surface area contributed by atoms with E-state index >= 15 is 0 Å². The molecule has 0 aromatic heterocycles. The molecule has 2 amide bonds. The third kappa shape index (κ3) is 4.52. The normalized spacial score (nSPS) is 14.8. The zero-order valence-corrected chi connectivity index (χ0v) is 15.5. The van der Waals surface area contributed by atoms with Gasteiger partial charge in [0.05, 0.1) is 12.1 Å². The van der Waals surface area contributed by atoms with Crippen molar-refractivity contribution in [3.05, 3.63) is 65.0 Å². The molecule has 0 atom stereocenters. The summed E-state index contributed by atoms with van der Waals surface area (Å²) in [6.07, 6.45) is 1.16. The van der Waals surface area contributed by atoms with E-state index in [9.17, 15) is 22.8 Å². The van der Waals surface area contributed by atoms with Gasteiger partial charge in [0.15, 0.2) is 17.5 Å². The standard InChI is InChI=1S/C21H21F3N2O2/c1-13-2-4-14(5-3-13)12-18(27)26-10-8-15(9-11-26)21(28)25-17-7-6-16(22)19(23)20(17)24/h2-7,15H,8-12H2,1H3,(H,25,28). The Morgan fingerprint density at radius 3 is 2.29 bits per heavy atom. The van der Waals surface area contributed by atoms with Gasteiger partial charge in [-0.1, -0.05) is 29.8 Å². The minimum atomic E-state index is -1.62. The number of carbonyl (C=O) groups is 2. The Hall–Kier alpha value is -2.83. The summed E-state index contributed by atoms with van der Waals surface area (Å²) in [7, 11) is 0. The van der Waals surface area contributed by atoms with Gasteiger partial charge >= 0.3 is 0 Å². The molecule has 1 heterocycles. The van der Waals surface area contributed by atoms with Crippen molar-refractivity contribution < 1.29 is 22.8 Å². The Kier molecular flexibility index (Phi) is 6.02. The monoisotopic (exact) mass is 390 g/mol. The maximum Gasteiger partial charge on any atom is 0.227 e. The molecule has 0 radical (unpaired) electrons. The van der Waals surface area contributed by atoms with Gasteiger partial charge in [-0.3, -0.25) is 9.59 Å². The van der Waals surface area contributed by atoms with Gasteiger partial charge in [0, 0.05) is 19.0 Å². The largest absolute Gasteiger partial charge is 0.342 e. The fourth-order valence-electron chi connectivity index (χ4n) is 3.24. The number of hydrogen-bond acceptors (Lipinski definition) is 2. The van der Waals surface area contributed by atoms with Crippen molar-refractivity contribution in [1.29, 1.82) is 0 Å². The van der Waals surface area contributed by atoms with Crippen LogP contribution in [0.15, 0.2) is 36.4 Å². The highest BCUT2D eigenvalue weighted by Crippen LogP contribution is 2.23. The van der Waals surface area contributed by atoms with E-state index in [0.717, 1.165) is 23.3 Å². The lowest BCUT2D eigenvalue weighted by Crippen LogP contribution is -2.42.